The molecule has 0 spiro atoms. The lowest BCUT2D eigenvalue weighted by Gasteiger charge is -2.06. The quantitative estimate of drug-likeness (QED) is 0.615. The molecule has 0 heterocycles. The Balaban J connectivity index is 3.74. The van der Waals surface area contributed by atoms with Crippen LogP contribution in [0.4, 0.5) is 0 Å². The Hall–Kier alpha value is -1.32. The molecule has 0 saturated heterocycles. The summed E-state index contributed by atoms with van der Waals surface area (Å²) in [4.78, 5) is 22.3. The van der Waals surface area contributed by atoms with Crippen LogP contribution in [-0.4, -0.2) is 23.8 Å². The van der Waals surface area contributed by atoms with Crippen LogP contribution in [0.2, 0.25) is 0 Å². The highest BCUT2D eigenvalue weighted by atomic mass is 16.2. The number of carbonyl (C=O) groups is 2. The lowest BCUT2D eigenvalue weighted by atomic mass is 10.6. The van der Waals surface area contributed by atoms with E-state index in [2.05, 4.69) is 5.32 Å². The minimum atomic E-state index is -0.154. The van der Waals surface area contributed by atoms with Crippen LogP contribution in [0, 0.1) is 0 Å². The number of nitrogens with zero attached hydrogens (tertiary/aromatic N) is 1. The summed E-state index contributed by atoms with van der Waals surface area (Å²) in [6, 6.07) is 0. The maximum Gasteiger partial charge on any atom is 0.223 e. The van der Waals surface area contributed by atoms with Crippen molar-refractivity contribution in [2.24, 2.45) is 0 Å². The molecule has 0 aliphatic heterocycles. The minimum absolute atomic E-state index is 0.0772. The highest BCUT2D eigenvalue weighted by Gasteiger charge is 1.94. The highest BCUT2D eigenvalue weighted by Crippen LogP contribution is 1.82. The van der Waals surface area contributed by atoms with Crippen LogP contribution in [0.5, 0.6) is 0 Å². The fraction of sp³-hybridized carbons (Fsp3) is 0.429. The Morgan fingerprint density at radius 1 is 1.36 bits per heavy atom. The van der Waals surface area contributed by atoms with Gasteiger partial charge in [0.05, 0.1) is 0 Å². The molecule has 0 atom stereocenters. The first kappa shape index (κ1) is 9.68. The monoisotopic (exact) mass is 156 g/mol. The molecule has 0 aromatic heterocycles. The number of hydrogen-bond acceptors (Lipinski definition) is 2. The second-order valence-corrected chi connectivity index (χ2v) is 2.15. The molecule has 4 heteroatoms. The Labute approximate surface area is 65.9 Å². The third kappa shape index (κ3) is 5.14. The van der Waals surface area contributed by atoms with Gasteiger partial charge in [0.2, 0.25) is 11.8 Å². The molecule has 0 radical (unpaired) electrons. The van der Waals surface area contributed by atoms with Crippen LogP contribution in [0.3, 0.4) is 0 Å². The molecule has 0 fully saturated rings. The molecule has 0 aromatic rings. The highest BCUT2D eigenvalue weighted by molar-refractivity contribution is 5.75. The van der Waals surface area contributed by atoms with Gasteiger partial charge in [0, 0.05) is 33.3 Å². The summed E-state index contributed by atoms with van der Waals surface area (Å²) in [5, 5.41) is 2.42. The fourth-order valence-corrected chi connectivity index (χ4v) is 0.371. The lowest BCUT2D eigenvalue weighted by Crippen LogP contribution is -2.19. The predicted octanol–water partition coefficient (Wildman–Crippen LogP) is 0.0720. The first-order chi connectivity index (χ1) is 5.04. The molecule has 0 aliphatic rings. The van der Waals surface area contributed by atoms with Crippen molar-refractivity contribution in [1.29, 1.82) is 0 Å². The standard InChI is InChI=1S/C7H12N2O2/c1-6(10)8-4-5-9(3)7(2)11/h4-5H,1-3H3,(H,8,10). The van der Waals surface area contributed by atoms with Gasteiger partial charge in [0.25, 0.3) is 0 Å². The number of nitrogens with one attached hydrogen (secondary N) is 1. The van der Waals surface area contributed by atoms with E-state index < -0.39 is 0 Å². The van der Waals surface area contributed by atoms with E-state index in [1.807, 2.05) is 0 Å². The minimum Gasteiger partial charge on any atom is -0.331 e. The molecule has 0 bridgehead atoms. The van der Waals surface area contributed by atoms with Gasteiger partial charge in [0.1, 0.15) is 0 Å². The molecule has 4 nitrogen and oxygen atoms in total. The van der Waals surface area contributed by atoms with Crippen molar-refractivity contribution in [2.75, 3.05) is 7.05 Å². The Kier molecular flexibility index (Phi) is 3.95. The third-order valence-corrected chi connectivity index (χ3v) is 1.08. The molecule has 11 heavy (non-hydrogen) atoms. The normalized spacial score (nSPS) is 9.73. The fourth-order valence-electron chi connectivity index (χ4n) is 0.371. The van der Waals surface area contributed by atoms with Crippen molar-refractivity contribution in [2.45, 2.75) is 13.8 Å². The number of rotatable bonds is 2. The van der Waals surface area contributed by atoms with Crippen molar-refractivity contribution >= 4 is 11.8 Å². The van der Waals surface area contributed by atoms with E-state index >= 15 is 0 Å². The van der Waals surface area contributed by atoms with Crippen molar-refractivity contribution in [3.63, 3.8) is 0 Å². The zero-order valence-corrected chi connectivity index (χ0v) is 6.92. The topological polar surface area (TPSA) is 49.4 Å². The summed E-state index contributed by atoms with van der Waals surface area (Å²) >= 11 is 0. The summed E-state index contributed by atoms with van der Waals surface area (Å²) in [6.45, 7) is 2.84. The van der Waals surface area contributed by atoms with Gasteiger partial charge < -0.3 is 10.2 Å². The van der Waals surface area contributed by atoms with Gasteiger partial charge in [-0.1, -0.05) is 0 Å². The largest absolute Gasteiger partial charge is 0.331 e. The smallest absolute Gasteiger partial charge is 0.223 e. The van der Waals surface area contributed by atoms with E-state index in [-0.39, 0.29) is 11.8 Å². The maximum absolute atomic E-state index is 10.6. The second-order valence-electron chi connectivity index (χ2n) is 2.15. The van der Waals surface area contributed by atoms with E-state index in [4.69, 9.17) is 0 Å². The summed E-state index contributed by atoms with van der Waals surface area (Å²) < 4.78 is 0. The van der Waals surface area contributed by atoms with Gasteiger partial charge in [-0.3, -0.25) is 9.59 Å². The second kappa shape index (κ2) is 4.49. The van der Waals surface area contributed by atoms with Crippen LogP contribution in [0.25, 0.3) is 0 Å². The summed E-state index contributed by atoms with van der Waals surface area (Å²) in [5.41, 5.74) is 0. The molecule has 0 saturated carbocycles. The van der Waals surface area contributed by atoms with Gasteiger partial charge in [0.15, 0.2) is 0 Å². The van der Waals surface area contributed by atoms with Crippen LogP contribution in [0.15, 0.2) is 12.4 Å². The van der Waals surface area contributed by atoms with Crippen molar-refractivity contribution in [3.05, 3.63) is 12.4 Å². The van der Waals surface area contributed by atoms with E-state index in [9.17, 15) is 9.59 Å². The molecule has 0 rings (SSSR count). The summed E-state index contributed by atoms with van der Waals surface area (Å²) in [7, 11) is 1.61. The van der Waals surface area contributed by atoms with E-state index in [1.54, 1.807) is 7.05 Å². The van der Waals surface area contributed by atoms with Crippen LogP contribution >= 0.6 is 0 Å². The molecule has 62 valence electrons. The average Bonchev–Trinajstić information content (AvgIpc) is 1.86. The molecule has 0 aromatic carbocycles. The van der Waals surface area contributed by atoms with Gasteiger partial charge in [-0.25, -0.2) is 0 Å². The molecular weight excluding hydrogens is 144 g/mol. The molecule has 2 amide bonds. The number of carbonyl (C=O) groups excluding carboxylic acids is 2. The van der Waals surface area contributed by atoms with E-state index in [1.165, 1.54) is 31.1 Å². The molecule has 0 unspecified atom stereocenters. The number of hydrogen-bond donors (Lipinski definition) is 1. The van der Waals surface area contributed by atoms with Gasteiger partial charge >= 0.3 is 0 Å². The van der Waals surface area contributed by atoms with Crippen molar-refractivity contribution in [3.8, 4) is 0 Å². The Morgan fingerprint density at radius 2 is 1.91 bits per heavy atom. The van der Waals surface area contributed by atoms with Crippen molar-refractivity contribution < 1.29 is 9.59 Å². The first-order valence-corrected chi connectivity index (χ1v) is 3.21. The SMILES string of the molecule is CC(=O)NC=CN(C)C(C)=O. The van der Waals surface area contributed by atoms with Gasteiger partial charge in [-0.2, -0.15) is 0 Å². The molecule has 0 aliphatic carbocycles. The van der Waals surface area contributed by atoms with E-state index in [0.29, 0.717) is 0 Å². The lowest BCUT2D eigenvalue weighted by molar-refractivity contribution is -0.125. The number of amides is 2. The Bertz CT molecular complexity index is 187. The predicted molar refractivity (Wildman–Crippen MR) is 41.4 cm³/mol. The van der Waals surface area contributed by atoms with Crippen LogP contribution in [0.1, 0.15) is 13.8 Å². The summed E-state index contributed by atoms with van der Waals surface area (Å²) in [5.74, 6) is -0.232. The third-order valence-electron chi connectivity index (χ3n) is 1.08. The van der Waals surface area contributed by atoms with Crippen LogP contribution in [-0.2, 0) is 9.59 Å². The van der Waals surface area contributed by atoms with Crippen LogP contribution < -0.4 is 5.32 Å². The van der Waals surface area contributed by atoms with Gasteiger partial charge in [-0.15, -0.1) is 0 Å². The molecular formula is C7H12N2O2. The zero-order chi connectivity index (χ0) is 8.85. The zero-order valence-electron chi connectivity index (χ0n) is 6.92. The Morgan fingerprint density at radius 3 is 2.27 bits per heavy atom. The average molecular weight is 156 g/mol. The van der Waals surface area contributed by atoms with E-state index in [0.717, 1.165) is 0 Å². The van der Waals surface area contributed by atoms with Crippen molar-refractivity contribution in [1.82, 2.24) is 10.2 Å². The molecule has 1 N–H and O–H groups in total. The first-order valence-electron chi connectivity index (χ1n) is 3.21. The van der Waals surface area contributed by atoms with Gasteiger partial charge in [-0.05, 0) is 0 Å². The summed E-state index contributed by atoms with van der Waals surface area (Å²) in [6.07, 6.45) is 2.91. The maximum atomic E-state index is 10.6.